The van der Waals surface area contributed by atoms with Crippen LogP contribution in [0.15, 0.2) is 24.4 Å². The maximum atomic E-state index is 9.03. The van der Waals surface area contributed by atoms with Crippen LogP contribution < -0.4 is 11.1 Å². The van der Waals surface area contributed by atoms with Gasteiger partial charge in [-0.25, -0.2) is 0 Å². The lowest BCUT2D eigenvalue weighted by Gasteiger charge is -2.08. The average molecular weight is 241 g/mol. The topological polar surface area (TPSA) is 79.7 Å². The number of hydrogen-bond acceptors (Lipinski definition) is 4. The number of hydrogen-bond donors (Lipinski definition) is 2. The number of rotatable bonds is 3. The first-order valence-corrected chi connectivity index (χ1v) is 5.63. The minimum atomic E-state index is 0.553. The molecule has 2 rings (SSSR count). The minimum absolute atomic E-state index is 0.553. The van der Waals surface area contributed by atoms with Crippen molar-refractivity contribution in [1.82, 2.24) is 9.78 Å². The molecule has 0 aliphatic rings. The van der Waals surface area contributed by atoms with Gasteiger partial charge in [0.1, 0.15) is 11.9 Å². The normalized spacial score (nSPS) is 10.1. The highest BCUT2D eigenvalue weighted by atomic mass is 15.3. The molecule has 1 heterocycles. The van der Waals surface area contributed by atoms with Crippen LogP contribution in [-0.4, -0.2) is 9.78 Å². The predicted octanol–water partition coefficient (Wildman–Crippen LogP) is 1.79. The van der Waals surface area contributed by atoms with Crippen molar-refractivity contribution >= 4 is 11.5 Å². The number of nitrogen functional groups attached to an aromatic ring is 1. The van der Waals surface area contributed by atoms with Crippen LogP contribution in [0, 0.1) is 18.3 Å². The number of nitriles is 1. The fraction of sp³-hybridized carbons (Fsp3) is 0.231. The van der Waals surface area contributed by atoms with Crippen LogP contribution in [0.4, 0.5) is 11.5 Å². The Morgan fingerprint density at radius 2 is 2.28 bits per heavy atom. The van der Waals surface area contributed by atoms with Crippen molar-refractivity contribution in [3.05, 3.63) is 41.1 Å². The van der Waals surface area contributed by atoms with E-state index in [0.717, 1.165) is 16.8 Å². The van der Waals surface area contributed by atoms with Gasteiger partial charge in [0.05, 0.1) is 17.4 Å². The third-order valence-corrected chi connectivity index (χ3v) is 2.83. The van der Waals surface area contributed by atoms with Gasteiger partial charge in [-0.3, -0.25) is 4.68 Å². The summed E-state index contributed by atoms with van der Waals surface area (Å²) in [6.07, 6.45) is 1.73. The molecule has 2 aromatic rings. The van der Waals surface area contributed by atoms with Gasteiger partial charge in [-0.2, -0.15) is 10.4 Å². The number of benzene rings is 1. The Balaban J connectivity index is 2.18. The lowest BCUT2D eigenvalue weighted by Crippen LogP contribution is -2.05. The van der Waals surface area contributed by atoms with Gasteiger partial charge in [0.25, 0.3) is 0 Å². The lowest BCUT2D eigenvalue weighted by molar-refractivity contribution is 0.778. The lowest BCUT2D eigenvalue weighted by atomic mass is 10.1. The first-order chi connectivity index (χ1) is 8.61. The highest BCUT2D eigenvalue weighted by molar-refractivity contribution is 5.59. The molecule has 3 N–H and O–H groups in total. The summed E-state index contributed by atoms with van der Waals surface area (Å²) in [5, 5.41) is 16.3. The molecule has 5 nitrogen and oxygen atoms in total. The van der Waals surface area contributed by atoms with Crippen LogP contribution in [0.3, 0.4) is 0 Å². The first-order valence-electron chi connectivity index (χ1n) is 5.63. The Bertz CT molecular complexity index is 606. The first kappa shape index (κ1) is 12.0. The van der Waals surface area contributed by atoms with Crippen molar-refractivity contribution in [3.8, 4) is 6.07 Å². The number of aromatic nitrogens is 2. The zero-order chi connectivity index (χ0) is 13.1. The fourth-order valence-corrected chi connectivity index (χ4v) is 1.72. The summed E-state index contributed by atoms with van der Waals surface area (Å²) in [5.74, 6) is 0.633. The number of nitrogens with zero attached hydrogens (tertiary/aromatic N) is 3. The van der Waals surface area contributed by atoms with Crippen LogP contribution in [-0.2, 0) is 13.6 Å². The van der Waals surface area contributed by atoms with E-state index in [0.29, 0.717) is 17.9 Å². The van der Waals surface area contributed by atoms with Crippen LogP contribution in [0.25, 0.3) is 0 Å². The van der Waals surface area contributed by atoms with Gasteiger partial charge < -0.3 is 11.1 Å². The number of aryl methyl sites for hydroxylation is 2. The van der Waals surface area contributed by atoms with E-state index in [2.05, 4.69) is 16.5 Å². The molecular weight excluding hydrogens is 226 g/mol. The van der Waals surface area contributed by atoms with Gasteiger partial charge in [0, 0.05) is 19.2 Å². The van der Waals surface area contributed by atoms with Crippen molar-refractivity contribution in [3.63, 3.8) is 0 Å². The summed E-state index contributed by atoms with van der Waals surface area (Å²) >= 11 is 0. The highest BCUT2D eigenvalue weighted by Gasteiger charge is 2.06. The number of nitrogens with two attached hydrogens (primary N) is 1. The molecule has 92 valence electrons. The molecule has 0 amide bonds. The van der Waals surface area contributed by atoms with Gasteiger partial charge in [0.15, 0.2) is 0 Å². The summed E-state index contributed by atoms with van der Waals surface area (Å²) in [6, 6.07) is 7.84. The van der Waals surface area contributed by atoms with Crippen molar-refractivity contribution in [2.45, 2.75) is 13.5 Å². The molecule has 0 spiro atoms. The van der Waals surface area contributed by atoms with E-state index in [9.17, 15) is 0 Å². The molecule has 0 unspecified atom stereocenters. The Morgan fingerprint density at radius 3 is 2.89 bits per heavy atom. The monoisotopic (exact) mass is 241 g/mol. The summed E-state index contributed by atoms with van der Waals surface area (Å²) in [5.41, 5.74) is 9.34. The largest absolute Gasteiger partial charge is 0.384 e. The average Bonchev–Trinajstić information content (AvgIpc) is 2.68. The van der Waals surface area contributed by atoms with E-state index in [1.165, 1.54) is 0 Å². The van der Waals surface area contributed by atoms with Crippen LogP contribution in [0.1, 0.15) is 16.7 Å². The molecule has 1 aromatic heterocycles. The summed E-state index contributed by atoms with van der Waals surface area (Å²) in [7, 11) is 1.80. The van der Waals surface area contributed by atoms with E-state index in [1.54, 1.807) is 17.9 Å². The summed E-state index contributed by atoms with van der Waals surface area (Å²) < 4.78 is 1.62. The zero-order valence-corrected chi connectivity index (χ0v) is 10.4. The predicted molar refractivity (Wildman–Crippen MR) is 70.8 cm³/mol. The molecule has 18 heavy (non-hydrogen) atoms. The maximum absolute atomic E-state index is 9.03. The Labute approximate surface area is 106 Å². The molecular formula is C13H15N5. The summed E-state index contributed by atoms with van der Waals surface area (Å²) in [4.78, 5) is 0. The van der Waals surface area contributed by atoms with Gasteiger partial charge in [-0.1, -0.05) is 6.07 Å². The quantitative estimate of drug-likeness (QED) is 0.858. The minimum Gasteiger partial charge on any atom is -0.384 e. The van der Waals surface area contributed by atoms with Crippen molar-refractivity contribution in [2.75, 3.05) is 11.1 Å². The highest BCUT2D eigenvalue weighted by Crippen LogP contribution is 2.18. The number of nitrogens with one attached hydrogen (secondary N) is 1. The zero-order valence-electron chi connectivity index (χ0n) is 10.4. The molecule has 0 radical (unpaired) electrons. The second-order valence-electron chi connectivity index (χ2n) is 4.19. The van der Waals surface area contributed by atoms with Crippen molar-refractivity contribution < 1.29 is 0 Å². The van der Waals surface area contributed by atoms with E-state index in [4.69, 9.17) is 11.0 Å². The SMILES string of the molecule is Cc1ccc(C#N)c(NCc2cnn(C)c2N)c1. The molecule has 0 fully saturated rings. The smallest absolute Gasteiger partial charge is 0.126 e. The molecule has 0 aliphatic carbocycles. The van der Waals surface area contributed by atoms with Crippen LogP contribution >= 0.6 is 0 Å². The van der Waals surface area contributed by atoms with E-state index in [1.807, 2.05) is 25.1 Å². The molecule has 0 saturated carbocycles. The van der Waals surface area contributed by atoms with Crippen molar-refractivity contribution in [1.29, 1.82) is 5.26 Å². The van der Waals surface area contributed by atoms with Gasteiger partial charge >= 0.3 is 0 Å². The number of anilines is 2. The second kappa shape index (κ2) is 4.80. The molecule has 1 aromatic carbocycles. The molecule has 0 aliphatic heterocycles. The van der Waals surface area contributed by atoms with E-state index in [-0.39, 0.29) is 0 Å². The van der Waals surface area contributed by atoms with Gasteiger partial charge in [-0.05, 0) is 24.6 Å². The fourth-order valence-electron chi connectivity index (χ4n) is 1.72. The third-order valence-electron chi connectivity index (χ3n) is 2.83. The third kappa shape index (κ3) is 2.28. The molecule has 5 heteroatoms. The Hall–Kier alpha value is -2.48. The van der Waals surface area contributed by atoms with Crippen molar-refractivity contribution in [2.24, 2.45) is 7.05 Å². The molecule has 0 atom stereocenters. The second-order valence-corrected chi connectivity index (χ2v) is 4.19. The van der Waals surface area contributed by atoms with Gasteiger partial charge in [0.2, 0.25) is 0 Å². The van der Waals surface area contributed by atoms with Crippen LogP contribution in [0.2, 0.25) is 0 Å². The summed E-state index contributed by atoms with van der Waals surface area (Å²) in [6.45, 7) is 2.54. The van der Waals surface area contributed by atoms with E-state index >= 15 is 0 Å². The molecule has 0 saturated heterocycles. The maximum Gasteiger partial charge on any atom is 0.126 e. The molecule has 0 bridgehead atoms. The van der Waals surface area contributed by atoms with E-state index < -0.39 is 0 Å². The Morgan fingerprint density at radius 1 is 1.50 bits per heavy atom. The standard InChI is InChI=1S/C13H15N5/c1-9-3-4-10(6-14)12(5-9)16-7-11-8-17-18(2)13(11)15/h3-5,8,16H,7,15H2,1-2H3. The van der Waals surface area contributed by atoms with Crippen LogP contribution in [0.5, 0.6) is 0 Å². The van der Waals surface area contributed by atoms with Gasteiger partial charge in [-0.15, -0.1) is 0 Å². The Kier molecular flexibility index (Phi) is 3.20.